The fraction of sp³-hybridized carbons (Fsp3) is 0.500. The van der Waals surface area contributed by atoms with Crippen LogP contribution in [-0.2, 0) is 22.3 Å². The minimum absolute atomic E-state index is 0.300. The quantitative estimate of drug-likeness (QED) is 0.487. The molecule has 2 aliphatic rings. The van der Waals surface area contributed by atoms with Crippen LogP contribution in [0.25, 0.3) is 11.0 Å². The number of hydrogen-bond donors (Lipinski definition) is 0. The first-order valence-corrected chi connectivity index (χ1v) is 11.7. The lowest BCUT2D eigenvalue weighted by Gasteiger charge is -2.32. The Morgan fingerprint density at radius 1 is 1.03 bits per heavy atom. The number of benzene rings is 2. The van der Waals surface area contributed by atoms with E-state index in [-0.39, 0.29) is 17.9 Å². The third kappa shape index (κ3) is 3.99. The van der Waals surface area contributed by atoms with Gasteiger partial charge in [0.15, 0.2) is 0 Å². The van der Waals surface area contributed by atoms with Crippen molar-refractivity contribution in [1.82, 2.24) is 9.55 Å². The molecule has 1 aromatic heterocycles. The Balaban J connectivity index is 1.45. The van der Waals surface area contributed by atoms with Crippen molar-refractivity contribution in [3.8, 4) is 0 Å². The van der Waals surface area contributed by atoms with Gasteiger partial charge in [-0.15, -0.1) is 0 Å². The Morgan fingerprint density at radius 3 is 2.33 bits per heavy atom. The lowest BCUT2D eigenvalue weighted by molar-refractivity contribution is 0.00578. The van der Waals surface area contributed by atoms with Crippen molar-refractivity contribution in [3.63, 3.8) is 0 Å². The van der Waals surface area contributed by atoms with Crippen molar-refractivity contribution in [1.29, 1.82) is 0 Å². The van der Waals surface area contributed by atoms with Gasteiger partial charge in [-0.25, -0.2) is 9.37 Å². The number of nitrogens with zero attached hydrogens (tertiary/aromatic N) is 2. The summed E-state index contributed by atoms with van der Waals surface area (Å²) in [6, 6.07) is 11.2. The average Bonchev–Trinajstić information content (AvgIpc) is 3.40. The molecular weight excluding hydrogens is 421 g/mol. The van der Waals surface area contributed by atoms with E-state index >= 15 is 4.39 Å². The van der Waals surface area contributed by atoms with Crippen LogP contribution < -0.4 is 5.46 Å². The Labute approximate surface area is 194 Å². The molecule has 1 saturated heterocycles. The molecule has 0 unspecified atom stereocenters. The van der Waals surface area contributed by atoms with E-state index in [2.05, 4.69) is 10.6 Å². The van der Waals surface area contributed by atoms with Gasteiger partial charge in [-0.05, 0) is 82.2 Å². The summed E-state index contributed by atoms with van der Waals surface area (Å²) in [5, 5.41) is 0. The number of imidazole rings is 1. The topological polar surface area (TPSA) is 36.3 Å². The SMILES string of the molecule is Cc1ccc2nc(Cc3ccc(B4OC(C)(C)C(C)(C)O4)cc3F)n(CC3(CF)CC3)c2c1. The standard InChI is InChI=1S/C26H31BF2N2O2/c1-17-6-9-21-22(12-17)31(16-26(15-28)10-11-26)23(30-21)13-18-7-8-19(14-20(18)29)27-32-24(2,3)25(4,5)33-27/h6-9,12,14H,10-11,13,15-16H2,1-5H3. The van der Waals surface area contributed by atoms with Crippen molar-refractivity contribution in [2.24, 2.45) is 5.41 Å². The Morgan fingerprint density at radius 2 is 1.73 bits per heavy atom. The van der Waals surface area contributed by atoms with Gasteiger partial charge in [-0.2, -0.15) is 0 Å². The summed E-state index contributed by atoms with van der Waals surface area (Å²) in [4.78, 5) is 4.80. The highest BCUT2D eigenvalue weighted by Crippen LogP contribution is 2.48. The highest BCUT2D eigenvalue weighted by Gasteiger charge is 2.51. The summed E-state index contributed by atoms with van der Waals surface area (Å²) in [5.74, 6) is 0.446. The first kappa shape index (κ1) is 22.5. The highest BCUT2D eigenvalue weighted by atomic mass is 19.1. The lowest BCUT2D eigenvalue weighted by Crippen LogP contribution is -2.41. The smallest absolute Gasteiger partial charge is 0.399 e. The first-order chi connectivity index (χ1) is 15.5. The number of aromatic nitrogens is 2. The van der Waals surface area contributed by atoms with Crippen LogP contribution in [0.1, 0.15) is 57.5 Å². The number of hydrogen-bond acceptors (Lipinski definition) is 3. The summed E-state index contributed by atoms with van der Waals surface area (Å²) < 4.78 is 43.2. The molecule has 0 bridgehead atoms. The molecule has 2 fully saturated rings. The second-order valence-corrected chi connectivity index (χ2v) is 10.9. The van der Waals surface area contributed by atoms with E-state index in [1.165, 1.54) is 6.07 Å². The molecule has 0 atom stereocenters. The van der Waals surface area contributed by atoms with Crippen molar-refractivity contribution >= 4 is 23.6 Å². The number of fused-ring (bicyclic) bond motifs is 1. The van der Waals surface area contributed by atoms with Gasteiger partial charge in [0, 0.05) is 18.4 Å². The lowest BCUT2D eigenvalue weighted by atomic mass is 9.78. The van der Waals surface area contributed by atoms with E-state index in [1.54, 1.807) is 6.07 Å². The minimum Gasteiger partial charge on any atom is -0.399 e. The monoisotopic (exact) mass is 452 g/mol. The van der Waals surface area contributed by atoms with Crippen molar-refractivity contribution in [3.05, 3.63) is 59.2 Å². The predicted octanol–water partition coefficient (Wildman–Crippen LogP) is 5.12. The summed E-state index contributed by atoms with van der Waals surface area (Å²) >= 11 is 0. The summed E-state index contributed by atoms with van der Waals surface area (Å²) in [7, 11) is -0.606. The number of aryl methyl sites for hydroxylation is 1. The Kier molecular flexibility index (Phi) is 5.22. The van der Waals surface area contributed by atoms with Crippen LogP contribution in [0.15, 0.2) is 36.4 Å². The molecule has 0 N–H and O–H groups in total. The summed E-state index contributed by atoms with van der Waals surface area (Å²) in [6.07, 6.45) is 2.10. The molecule has 1 saturated carbocycles. The van der Waals surface area contributed by atoms with E-state index in [0.717, 1.165) is 35.3 Å². The molecule has 174 valence electrons. The van der Waals surface area contributed by atoms with Gasteiger partial charge in [-0.1, -0.05) is 18.2 Å². The zero-order valence-electron chi connectivity index (χ0n) is 20.0. The van der Waals surface area contributed by atoms with Crippen molar-refractivity contribution in [2.45, 2.75) is 71.6 Å². The number of alkyl halides is 1. The van der Waals surface area contributed by atoms with Crippen LogP contribution in [0.4, 0.5) is 8.78 Å². The zero-order valence-corrected chi connectivity index (χ0v) is 20.0. The van der Waals surface area contributed by atoms with Gasteiger partial charge < -0.3 is 13.9 Å². The molecule has 1 aliphatic carbocycles. The van der Waals surface area contributed by atoms with E-state index in [0.29, 0.717) is 24.0 Å². The van der Waals surface area contributed by atoms with Gasteiger partial charge in [0.25, 0.3) is 0 Å². The minimum atomic E-state index is -0.606. The molecule has 0 spiro atoms. The maximum absolute atomic E-state index is 15.2. The molecule has 4 nitrogen and oxygen atoms in total. The fourth-order valence-corrected chi connectivity index (χ4v) is 4.44. The molecule has 0 amide bonds. The molecule has 2 aromatic carbocycles. The summed E-state index contributed by atoms with van der Waals surface area (Å²) in [6.45, 7) is 10.2. The van der Waals surface area contributed by atoms with Crippen molar-refractivity contribution < 1.29 is 18.1 Å². The number of rotatable bonds is 6. The van der Waals surface area contributed by atoms with E-state index in [9.17, 15) is 4.39 Å². The molecule has 33 heavy (non-hydrogen) atoms. The average molecular weight is 452 g/mol. The van der Waals surface area contributed by atoms with Crippen molar-refractivity contribution in [2.75, 3.05) is 6.67 Å². The molecule has 1 aliphatic heterocycles. The molecule has 0 radical (unpaired) electrons. The molecule has 5 rings (SSSR count). The molecular formula is C26H31BF2N2O2. The third-order valence-electron chi connectivity index (χ3n) is 7.67. The summed E-state index contributed by atoms with van der Waals surface area (Å²) in [5.41, 5.74) is 2.92. The Hall–Kier alpha value is -2.25. The van der Waals surface area contributed by atoms with E-state index in [4.69, 9.17) is 14.3 Å². The predicted molar refractivity (Wildman–Crippen MR) is 127 cm³/mol. The second-order valence-electron chi connectivity index (χ2n) is 10.9. The van der Waals surface area contributed by atoms with Gasteiger partial charge in [-0.3, -0.25) is 4.39 Å². The van der Waals surface area contributed by atoms with Crippen LogP contribution in [0, 0.1) is 18.2 Å². The van der Waals surface area contributed by atoms with Crippen LogP contribution >= 0.6 is 0 Å². The van der Waals surface area contributed by atoms with Crippen LogP contribution in [0.5, 0.6) is 0 Å². The van der Waals surface area contributed by atoms with Gasteiger partial charge in [0.05, 0.1) is 28.9 Å². The molecule has 3 aromatic rings. The second kappa shape index (κ2) is 7.64. The maximum Gasteiger partial charge on any atom is 0.494 e. The highest BCUT2D eigenvalue weighted by molar-refractivity contribution is 6.62. The maximum atomic E-state index is 15.2. The largest absolute Gasteiger partial charge is 0.494 e. The third-order valence-corrected chi connectivity index (χ3v) is 7.67. The molecule has 2 heterocycles. The zero-order chi connectivity index (χ0) is 23.6. The van der Waals surface area contributed by atoms with E-state index < -0.39 is 18.3 Å². The normalized spacial score (nSPS) is 20.5. The Bertz CT molecular complexity index is 1200. The van der Waals surface area contributed by atoms with Crippen LogP contribution in [0.2, 0.25) is 0 Å². The first-order valence-electron chi connectivity index (χ1n) is 11.7. The van der Waals surface area contributed by atoms with Crippen LogP contribution in [0.3, 0.4) is 0 Å². The van der Waals surface area contributed by atoms with Crippen LogP contribution in [-0.4, -0.2) is 34.5 Å². The van der Waals surface area contributed by atoms with Gasteiger partial charge >= 0.3 is 7.12 Å². The van der Waals surface area contributed by atoms with E-state index in [1.807, 2.05) is 52.8 Å². The van der Waals surface area contributed by atoms with Gasteiger partial charge in [0.1, 0.15) is 11.6 Å². The van der Waals surface area contributed by atoms with Gasteiger partial charge in [0.2, 0.25) is 0 Å². The fourth-order valence-electron chi connectivity index (χ4n) is 4.44. The molecule has 7 heteroatoms. The number of halogens is 2.